The van der Waals surface area contributed by atoms with Gasteiger partial charge in [-0.25, -0.2) is 0 Å². The second-order valence-corrected chi connectivity index (χ2v) is 13.0. The molecule has 39 heavy (non-hydrogen) atoms. The lowest BCUT2D eigenvalue weighted by Gasteiger charge is -2.34. The molecule has 2 N–H and O–H groups in total. The molecule has 0 bridgehead atoms. The molecule has 4 aromatic carbocycles. The third kappa shape index (κ3) is 5.62. The summed E-state index contributed by atoms with van der Waals surface area (Å²) in [7, 11) is 0. The highest BCUT2D eigenvalue weighted by molar-refractivity contribution is 5.50. The van der Waals surface area contributed by atoms with Crippen LogP contribution in [0.3, 0.4) is 0 Å². The molecule has 0 amide bonds. The Hall–Kier alpha value is -3.52. The first-order valence-electron chi connectivity index (χ1n) is 14.1. The summed E-state index contributed by atoms with van der Waals surface area (Å²) in [5.74, 6) is 0.773. The quantitative estimate of drug-likeness (QED) is 0.255. The van der Waals surface area contributed by atoms with E-state index < -0.39 is 0 Å². The summed E-state index contributed by atoms with van der Waals surface area (Å²) in [6.07, 6.45) is 0.803. The van der Waals surface area contributed by atoms with Crippen LogP contribution in [0.1, 0.15) is 100 Å². The molecule has 0 saturated heterocycles. The molecule has 4 rings (SSSR count). The maximum Gasteiger partial charge on any atom is 0.119 e. The first-order chi connectivity index (χ1) is 18.3. The third-order valence-corrected chi connectivity index (χ3v) is 8.57. The van der Waals surface area contributed by atoms with E-state index in [9.17, 15) is 10.2 Å². The van der Waals surface area contributed by atoms with Crippen molar-refractivity contribution < 1.29 is 10.2 Å². The Morgan fingerprint density at radius 2 is 1.03 bits per heavy atom. The Balaban J connectivity index is 1.71. The number of aromatic hydroxyl groups is 2. The predicted octanol–water partition coefficient (Wildman–Crippen LogP) is 9.49. The molecule has 2 nitrogen and oxygen atoms in total. The summed E-state index contributed by atoms with van der Waals surface area (Å²) < 4.78 is 0. The van der Waals surface area contributed by atoms with Gasteiger partial charge < -0.3 is 10.2 Å². The van der Waals surface area contributed by atoms with Crippen LogP contribution in [0.25, 0.3) is 0 Å². The van der Waals surface area contributed by atoms with Gasteiger partial charge in [0, 0.05) is 22.3 Å². The molecule has 1 atom stereocenters. The van der Waals surface area contributed by atoms with Crippen molar-refractivity contribution >= 4 is 0 Å². The molecule has 1 unspecified atom stereocenters. The number of benzene rings is 4. The van der Waals surface area contributed by atoms with E-state index in [2.05, 4.69) is 122 Å². The van der Waals surface area contributed by atoms with Gasteiger partial charge in [-0.2, -0.15) is 0 Å². The van der Waals surface area contributed by atoms with Crippen molar-refractivity contribution in [3.05, 3.63) is 130 Å². The van der Waals surface area contributed by atoms with Crippen molar-refractivity contribution in [3.63, 3.8) is 0 Å². The largest absolute Gasteiger partial charge is 0.508 e. The lowest BCUT2D eigenvalue weighted by molar-refractivity contribution is 0.347. The van der Waals surface area contributed by atoms with Gasteiger partial charge in [0.25, 0.3) is 0 Å². The summed E-state index contributed by atoms with van der Waals surface area (Å²) in [5, 5.41) is 21.2. The van der Waals surface area contributed by atoms with Gasteiger partial charge in [0.1, 0.15) is 11.5 Å². The summed E-state index contributed by atoms with van der Waals surface area (Å²) >= 11 is 0. The number of phenols is 2. The normalized spacial score (nSPS) is 13.3. The van der Waals surface area contributed by atoms with Crippen LogP contribution in [0.5, 0.6) is 11.5 Å². The van der Waals surface area contributed by atoms with Gasteiger partial charge in [-0.3, -0.25) is 0 Å². The average Bonchev–Trinajstić information content (AvgIpc) is 2.90. The zero-order valence-corrected chi connectivity index (χ0v) is 24.8. The first kappa shape index (κ1) is 28.5. The average molecular weight is 521 g/mol. The molecule has 0 aliphatic carbocycles. The summed E-state index contributed by atoms with van der Waals surface area (Å²) in [6.45, 7) is 17.8. The predicted molar refractivity (Wildman–Crippen MR) is 164 cm³/mol. The highest BCUT2D eigenvalue weighted by atomic mass is 16.3. The van der Waals surface area contributed by atoms with Crippen molar-refractivity contribution in [2.75, 3.05) is 0 Å². The highest BCUT2D eigenvalue weighted by Crippen LogP contribution is 2.46. The molecule has 4 aromatic rings. The van der Waals surface area contributed by atoms with Gasteiger partial charge in [0.15, 0.2) is 0 Å². The van der Waals surface area contributed by atoms with Crippen LogP contribution in [0, 0.1) is 5.41 Å². The number of hydrogen-bond donors (Lipinski definition) is 2. The first-order valence-corrected chi connectivity index (χ1v) is 14.1. The van der Waals surface area contributed by atoms with Crippen LogP contribution in [-0.4, -0.2) is 10.2 Å². The van der Waals surface area contributed by atoms with Crippen LogP contribution in [0.4, 0.5) is 0 Å². The van der Waals surface area contributed by atoms with Crippen molar-refractivity contribution in [1.82, 2.24) is 0 Å². The smallest absolute Gasteiger partial charge is 0.119 e. The Morgan fingerprint density at radius 1 is 0.564 bits per heavy atom. The topological polar surface area (TPSA) is 40.5 Å². The Labute approximate surface area is 235 Å². The van der Waals surface area contributed by atoms with E-state index in [0.29, 0.717) is 11.5 Å². The van der Waals surface area contributed by atoms with E-state index in [-0.39, 0.29) is 22.2 Å². The molecular formula is C37H44O2. The number of rotatable bonds is 7. The van der Waals surface area contributed by atoms with Crippen LogP contribution in [-0.2, 0) is 17.3 Å². The fourth-order valence-corrected chi connectivity index (χ4v) is 5.86. The zero-order chi connectivity index (χ0) is 28.6. The molecule has 204 valence electrons. The van der Waals surface area contributed by atoms with E-state index in [1.807, 2.05) is 24.3 Å². The van der Waals surface area contributed by atoms with Gasteiger partial charge >= 0.3 is 0 Å². The molecule has 2 heteroatoms. The van der Waals surface area contributed by atoms with Crippen molar-refractivity contribution in [2.45, 2.75) is 78.6 Å². The van der Waals surface area contributed by atoms with Crippen LogP contribution < -0.4 is 0 Å². The van der Waals surface area contributed by atoms with Crippen molar-refractivity contribution in [2.24, 2.45) is 5.41 Å². The SMILES string of the molecule is CCc1cc(C(C)(C)c2ccc(C(C)(C)c3ccc(O)c(C(c4ccccc4)C(C)(C)C)c3)cc2)ccc1O. The van der Waals surface area contributed by atoms with Crippen LogP contribution >= 0.6 is 0 Å². The minimum Gasteiger partial charge on any atom is -0.508 e. The van der Waals surface area contributed by atoms with Gasteiger partial charge in [-0.1, -0.05) is 134 Å². The molecule has 0 aromatic heterocycles. The fourth-order valence-electron chi connectivity index (χ4n) is 5.86. The summed E-state index contributed by atoms with van der Waals surface area (Å²) in [4.78, 5) is 0. The van der Waals surface area contributed by atoms with Crippen molar-refractivity contribution in [3.8, 4) is 11.5 Å². The molecule has 0 fully saturated rings. The molecule has 0 radical (unpaired) electrons. The van der Waals surface area contributed by atoms with E-state index >= 15 is 0 Å². The third-order valence-electron chi connectivity index (χ3n) is 8.57. The van der Waals surface area contributed by atoms with E-state index in [4.69, 9.17) is 0 Å². The molecular weight excluding hydrogens is 476 g/mol. The van der Waals surface area contributed by atoms with Gasteiger partial charge in [0.05, 0.1) is 0 Å². The Bertz CT molecular complexity index is 1420. The lowest BCUT2D eigenvalue weighted by Crippen LogP contribution is -2.23. The van der Waals surface area contributed by atoms with Gasteiger partial charge in [-0.05, 0) is 57.3 Å². The maximum absolute atomic E-state index is 11.0. The minimum atomic E-state index is -0.252. The van der Waals surface area contributed by atoms with Crippen LogP contribution in [0.2, 0.25) is 0 Å². The zero-order valence-electron chi connectivity index (χ0n) is 24.8. The molecule has 0 spiro atoms. The molecule has 0 aliphatic heterocycles. The van der Waals surface area contributed by atoms with E-state index in [0.717, 1.165) is 17.5 Å². The molecule has 0 heterocycles. The Morgan fingerprint density at radius 3 is 1.51 bits per heavy atom. The molecule has 0 aliphatic rings. The highest BCUT2D eigenvalue weighted by Gasteiger charge is 2.32. The van der Waals surface area contributed by atoms with Crippen LogP contribution in [0.15, 0.2) is 91.0 Å². The van der Waals surface area contributed by atoms with E-state index in [1.54, 1.807) is 0 Å². The lowest BCUT2D eigenvalue weighted by atomic mass is 9.70. The summed E-state index contributed by atoms with van der Waals surface area (Å²) in [5.41, 5.74) is 7.48. The summed E-state index contributed by atoms with van der Waals surface area (Å²) in [6, 6.07) is 31.6. The second-order valence-electron chi connectivity index (χ2n) is 13.0. The van der Waals surface area contributed by atoms with Crippen molar-refractivity contribution in [1.29, 1.82) is 0 Å². The minimum absolute atomic E-state index is 0.0657. The second kappa shape index (κ2) is 10.6. The standard InChI is InChI=1S/C37H44O2/c1-9-25-23-29(19-21-32(25)38)36(5,6)27-15-17-28(18-16-27)37(7,8)30-20-22-33(39)31(24-30)34(35(2,3)4)26-13-11-10-12-14-26/h10-24,34,38-39H,9H2,1-8H3. The number of phenolic OH excluding ortho intramolecular Hbond substituents is 2. The van der Waals surface area contributed by atoms with Gasteiger partial charge in [0.2, 0.25) is 0 Å². The monoisotopic (exact) mass is 520 g/mol. The van der Waals surface area contributed by atoms with E-state index in [1.165, 1.54) is 27.8 Å². The maximum atomic E-state index is 11.0. The number of aryl methyl sites for hydroxylation is 1. The van der Waals surface area contributed by atoms with Gasteiger partial charge in [-0.15, -0.1) is 0 Å². The fraction of sp³-hybridized carbons (Fsp3) is 0.351. The Kier molecular flexibility index (Phi) is 7.72. The number of hydrogen-bond acceptors (Lipinski definition) is 2. The molecule has 0 saturated carbocycles.